The first-order chi connectivity index (χ1) is 10.4. The quantitative estimate of drug-likeness (QED) is 0.842. The predicted octanol–water partition coefficient (Wildman–Crippen LogP) is 2.32. The van der Waals surface area contributed by atoms with Gasteiger partial charge < -0.3 is 10.2 Å². The van der Waals surface area contributed by atoms with Gasteiger partial charge in [0, 0.05) is 12.1 Å². The van der Waals surface area contributed by atoms with Crippen LogP contribution in [0.1, 0.15) is 51.4 Å². The second-order valence-electron chi connectivity index (χ2n) is 7.96. The molecule has 0 spiro atoms. The van der Waals surface area contributed by atoms with Crippen molar-refractivity contribution in [2.75, 3.05) is 39.3 Å². The lowest BCUT2D eigenvalue weighted by molar-refractivity contribution is -0.00127. The number of nitrogens with one attached hydrogen (secondary N) is 1. The number of fused-ring (bicyclic) bond motifs is 2. The van der Waals surface area contributed by atoms with E-state index >= 15 is 0 Å². The van der Waals surface area contributed by atoms with Crippen LogP contribution in [0.15, 0.2) is 0 Å². The first-order valence-electron chi connectivity index (χ1n) is 9.60. The molecule has 0 aromatic rings. The Morgan fingerprint density at radius 2 is 1.29 bits per heavy atom. The fraction of sp³-hybridized carbons (Fsp3) is 1.00. The molecule has 4 aliphatic rings. The van der Waals surface area contributed by atoms with Gasteiger partial charge in [0.1, 0.15) is 0 Å². The highest BCUT2D eigenvalue weighted by molar-refractivity contribution is 4.96. The summed E-state index contributed by atoms with van der Waals surface area (Å²) in [6.07, 6.45) is 11.6. The van der Waals surface area contributed by atoms with Crippen molar-refractivity contribution < 1.29 is 0 Å². The lowest BCUT2D eigenvalue weighted by Crippen LogP contribution is -2.59. The molecule has 2 bridgehead atoms. The molecular weight excluding hydrogens is 258 g/mol. The number of hydrogen-bond donors (Lipinski definition) is 1. The summed E-state index contributed by atoms with van der Waals surface area (Å²) in [6, 6.07) is 1.82. The standard InChI is InChI=1S/C18H33N3/c1-2-9-20(10-3-1)17-7-11-21(12-8-17)18-15-5-4-6-16(18)14-19-13-15/h15-19H,1-14H2. The Balaban J connectivity index is 1.34. The number of nitrogens with zero attached hydrogens (tertiary/aromatic N) is 2. The molecule has 3 heteroatoms. The third-order valence-electron chi connectivity index (χ3n) is 6.76. The number of piperidine rings is 3. The van der Waals surface area contributed by atoms with Gasteiger partial charge in [-0.05, 0) is 89.6 Å². The fourth-order valence-corrected chi connectivity index (χ4v) is 5.70. The number of hydrogen-bond acceptors (Lipinski definition) is 3. The van der Waals surface area contributed by atoms with Crippen molar-refractivity contribution in [3.63, 3.8) is 0 Å². The maximum atomic E-state index is 3.68. The van der Waals surface area contributed by atoms with E-state index in [1.807, 2.05) is 0 Å². The molecular formula is C18H33N3. The first-order valence-corrected chi connectivity index (χ1v) is 9.60. The molecule has 4 rings (SSSR count). The van der Waals surface area contributed by atoms with Gasteiger partial charge in [-0.1, -0.05) is 12.8 Å². The third-order valence-corrected chi connectivity index (χ3v) is 6.76. The van der Waals surface area contributed by atoms with Gasteiger partial charge in [0.15, 0.2) is 0 Å². The van der Waals surface area contributed by atoms with E-state index in [0.29, 0.717) is 0 Å². The number of rotatable bonds is 2. The zero-order chi connectivity index (χ0) is 14.1. The Hall–Kier alpha value is -0.120. The van der Waals surface area contributed by atoms with Gasteiger partial charge in [-0.25, -0.2) is 0 Å². The van der Waals surface area contributed by atoms with Gasteiger partial charge in [0.2, 0.25) is 0 Å². The van der Waals surface area contributed by atoms with Crippen LogP contribution in [0.25, 0.3) is 0 Å². The molecule has 3 heterocycles. The van der Waals surface area contributed by atoms with Crippen LogP contribution in [-0.2, 0) is 0 Å². The maximum absolute atomic E-state index is 3.68. The lowest BCUT2D eigenvalue weighted by atomic mass is 9.73. The van der Waals surface area contributed by atoms with Crippen LogP contribution in [0, 0.1) is 11.8 Å². The molecule has 3 saturated heterocycles. The van der Waals surface area contributed by atoms with E-state index in [4.69, 9.17) is 0 Å². The van der Waals surface area contributed by atoms with E-state index in [-0.39, 0.29) is 0 Å². The molecule has 3 aliphatic heterocycles. The summed E-state index contributed by atoms with van der Waals surface area (Å²) >= 11 is 0. The average molecular weight is 291 g/mol. The minimum atomic E-state index is 0.906. The van der Waals surface area contributed by atoms with Crippen LogP contribution >= 0.6 is 0 Å². The van der Waals surface area contributed by atoms with Crippen LogP contribution in [0.4, 0.5) is 0 Å². The molecule has 120 valence electrons. The monoisotopic (exact) mass is 291 g/mol. The van der Waals surface area contributed by atoms with Crippen molar-refractivity contribution in [3.05, 3.63) is 0 Å². The van der Waals surface area contributed by atoms with Gasteiger partial charge >= 0.3 is 0 Å². The van der Waals surface area contributed by atoms with Crippen molar-refractivity contribution in [2.45, 2.75) is 63.5 Å². The smallest absolute Gasteiger partial charge is 0.0176 e. The van der Waals surface area contributed by atoms with Crippen LogP contribution in [0.3, 0.4) is 0 Å². The summed E-state index contributed by atoms with van der Waals surface area (Å²) in [6.45, 7) is 8.07. The molecule has 4 fully saturated rings. The van der Waals surface area contributed by atoms with Gasteiger partial charge in [0.05, 0.1) is 0 Å². The van der Waals surface area contributed by atoms with E-state index in [2.05, 4.69) is 15.1 Å². The maximum Gasteiger partial charge on any atom is 0.0176 e. The van der Waals surface area contributed by atoms with Crippen LogP contribution in [0.2, 0.25) is 0 Å². The SMILES string of the molecule is C1CCN(C2CCN(C3C4CCCC3CNC4)CC2)CC1. The highest BCUT2D eigenvalue weighted by Crippen LogP contribution is 2.36. The first kappa shape index (κ1) is 14.5. The average Bonchev–Trinajstić information content (AvgIpc) is 2.55. The highest BCUT2D eigenvalue weighted by Gasteiger charge is 2.41. The molecule has 3 nitrogen and oxygen atoms in total. The Bertz CT molecular complexity index is 309. The summed E-state index contributed by atoms with van der Waals surface area (Å²) < 4.78 is 0. The summed E-state index contributed by atoms with van der Waals surface area (Å²) in [5.74, 6) is 1.90. The van der Waals surface area contributed by atoms with Crippen molar-refractivity contribution in [3.8, 4) is 0 Å². The van der Waals surface area contributed by atoms with E-state index in [1.165, 1.54) is 90.6 Å². The molecule has 0 amide bonds. The van der Waals surface area contributed by atoms with Crippen LogP contribution < -0.4 is 5.32 Å². The highest BCUT2D eigenvalue weighted by atomic mass is 15.2. The lowest BCUT2D eigenvalue weighted by Gasteiger charge is -2.51. The van der Waals surface area contributed by atoms with E-state index in [1.54, 1.807) is 0 Å². The fourth-order valence-electron chi connectivity index (χ4n) is 5.70. The summed E-state index contributed by atoms with van der Waals surface area (Å²) in [7, 11) is 0. The summed E-state index contributed by atoms with van der Waals surface area (Å²) in [5, 5.41) is 3.68. The second kappa shape index (κ2) is 6.55. The topological polar surface area (TPSA) is 18.5 Å². The molecule has 0 radical (unpaired) electrons. The third kappa shape index (κ3) is 3.02. The van der Waals surface area contributed by atoms with Crippen LogP contribution in [0.5, 0.6) is 0 Å². The minimum absolute atomic E-state index is 0.906. The zero-order valence-corrected chi connectivity index (χ0v) is 13.6. The van der Waals surface area contributed by atoms with Gasteiger partial charge in [0.25, 0.3) is 0 Å². The van der Waals surface area contributed by atoms with Crippen molar-refractivity contribution in [1.29, 1.82) is 0 Å². The Morgan fingerprint density at radius 3 is 1.95 bits per heavy atom. The van der Waals surface area contributed by atoms with Crippen molar-refractivity contribution in [1.82, 2.24) is 15.1 Å². The molecule has 2 atom stereocenters. The number of likely N-dealkylation sites (tertiary alicyclic amines) is 2. The molecule has 1 N–H and O–H groups in total. The molecule has 21 heavy (non-hydrogen) atoms. The zero-order valence-electron chi connectivity index (χ0n) is 13.6. The normalized spacial score (nSPS) is 40.3. The minimum Gasteiger partial charge on any atom is -0.316 e. The van der Waals surface area contributed by atoms with Gasteiger partial charge in [-0.2, -0.15) is 0 Å². The molecule has 0 aromatic heterocycles. The Labute approximate surface area is 130 Å². The molecule has 2 unspecified atom stereocenters. The van der Waals surface area contributed by atoms with Gasteiger partial charge in [-0.15, -0.1) is 0 Å². The Kier molecular flexibility index (Phi) is 4.52. The largest absolute Gasteiger partial charge is 0.316 e. The van der Waals surface area contributed by atoms with Crippen molar-refractivity contribution >= 4 is 0 Å². The molecule has 1 saturated carbocycles. The molecule has 0 aromatic carbocycles. The second-order valence-corrected chi connectivity index (χ2v) is 7.96. The van der Waals surface area contributed by atoms with E-state index in [9.17, 15) is 0 Å². The van der Waals surface area contributed by atoms with Gasteiger partial charge in [-0.3, -0.25) is 4.90 Å². The molecule has 1 aliphatic carbocycles. The summed E-state index contributed by atoms with van der Waals surface area (Å²) in [4.78, 5) is 5.71. The van der Waals surface area contributed by atoms with Crippen LogP contribution in [-0.4, -0.2) is 61.2 Å². The Morgan fingerprint density at radius 1 is 0.619 bits per heavy atom. The summed E-state index contributed by atoms with van der Waals surface area (Å²) in [5.41, 5.74) is 0. The van der Waals surface area contributed by atoms with E-state index in [0.717, 1.165) is 23.9 Å². The van der Waals surface area contributed by atoms with E-state index < -0.39 is 0 Å². The predicted molar refractivity (Wildman–Crippen MR) is 87.5 cm³/mol. The van der Waals surface area contributed by atoms with Crippen molar-refractivity contribution in [2.24, 2.45) is 11.8 Å².